The Morgan fingerprint density at radius 3 is 2.43 bits per heavy atom. The first kappa shape index (κ1) is 33.7. The number of ether oxygens (including phenoxy) is 1. The Labute approximate surface area is 250 Å². The second-order valence-corrected chi connectivity index (χ2v) is 14.1. The lowest BCUT2D eigenvalue weighted by molar-refractivity contribution is -0.138. The zero-order valence-corrected chi connectivity index (χ0v) is 25.9. The van der Waals surface area contributed by atoms with Crippen molar-refractivity contribution in [1.29, 1.82) is 0 Å². The van der Waals surface area contributed by atoms with Crippen LogP contribution in [0.1, 0.15) is 61.2 Å². The Morgan fingerprint density at radius 2 is 1.81 bits per heavy atom. The molecule has 1 atom stereocenters. The second-order valence-electron chi connectivity index (χ2n) is 11.5. The van der Waals surface area contributed by atoms with E-state index in [0.717, 1.165) is 6.07 Å². The van der Waals surface area contributed by atoms with Gasteiger partial charge in [-0.15, -0.1) is 0 Å². The van der Waals surface area contributed by atoms with Gasteiger partial charge < -0.3 is 15.0 Å². The fourth-order valence-electron chi connectivity index (χ4n) is 4.79. The fourth-order valence-corrected chi connectivity index (χ4v) is 6.10. The number of carbonyl (C=O) groups excluding carboxylic acids is 2. The number of hydrogen-bond acceptors (Lipinski definition) is 6. The molecular weight excluding hydrogens is 595 g/mol. The number of halogens is 4. The van der Waals surface area contributed by atoms with Gasteiger partial charge in [0.1, 0.15) is 5.60 Å². The van der Waals surface area contributed by atoms with Gasteiger partial charge in [-0.3, -0.25) is 9.69 Å². The van der Waals surface area contributed by atoms with Gasteiger partial charge in [0, 0.05) is 43.8 Å². The maximum Gasteiger partial charge on any atom is 0.416 e. The molecule has 1 heterocycles. The summed E-state index contributed by atoms with van der Waals surface area (Å²) >= 11 is 6.01. The molecule has 0 radical (unpaired) electrons. The Bertz CT molecular complexity index is 1410. The third kappa shape index (κ3) is 9.08. The molecule has 1 N–H and O–H groups in total. The standard InChI is InChI=1S/C29H37ClF3N3O5S/c1-6-42(39,40)25-10-9-23(30)13-22(25)15-34-26(37)20-7-8-21(24(14-20)29(31,32)33)18-36-12-11-19(17-36)16-35(5)27(38)41-28(2,3)4/h7-10,13-14,19H,6,11-12,15-18H2,1-5H3,(H,34,37)/t19-/m1/s1. The summed E-state index contributed by atoms with van der Waals surface area (Å²) in [5.41, 5.74) is -1.47. The van der Waals surface area contributed by atoms with E-state index >= 15 is 0 Å². The molecule has 3 rings (SSSR count). The van der Waals surface area contributed by atoms with E-state index in [1.807, 2.05) is 4.90 Å². The van der Waals surface area contributed by atoms with Crippen LogP contribution in [0.25, 0.3) is 0 Å². The van der Waals surface area contributed by atoms with Crippen molar-refractivity contribution in [3.05, 3.63) is 63.7 Å². The Morgan fingerprint density at radius 1 is 1.12 bits per heavy atom. The molecule has 1 saturated heterocycles. The Hall–Kier alpha value is -2.83. The molecule has 2 aromatic rings. The zero-order valence-electron chi connectivity index (χ0n) is 24.3. The summed E-state index contributed by atoms with van der Waals surface area (Å²) < 4.78 is 72.4. The highest BCUT2D eigenvalue weighted by Crippen LogP contribution is 2.34. The number of benzene rings is 2. The largest absolute Gasteiger partial charge is 0.444 e. The van der Waals surface area contributed by atoms with E-state index in [-0.39, 0.29) is 51.4 Å². The molecule has 0 bridgehead atoms. The number of alkyl halides is 3. The van der Waals surface area contributed by atoms with Crippen molar-refractivity contribution in [3.8, 4) is 0 Å². The lowest BCUT2D eigenvalue weighted by Gasteiger charge is -2.26. The molecule has 0 saturated carbocycles. The molecule has 42 heavy (non-hydrogen) atoms. The number of sulfone groups is 1. The molecule has 2 amide bonds. The zero-order chi connectivity index (χ0) is 31.5. The van der Waals surface area contributed by atoms with E-state index in [4.69, 9.17) is 16.3 Å². The monoisotopic (exact) mass is 631 g/mol. The van der Waals surface area contributed by atoms with Crippen molar-refractivity contribution in [2.45, 2.75) is 63.9 Å². The highest BCUT2D eigenvalue weighted by molar-refractivity contribution is 7.91. The molecule has 2 aromatic carbocycles. The lowest BCUT2D eigenvalue weighted by atomic mass is 10.0. The van der Waals surface area contributed by atoms with Crippen LogP contribution in [0.3, 0.4) is 0 Å². The van der Waals surface area contributed by atoms with Crippen molar-refractivity contribution in [1.82, 2.24) is 15.1 Å². The summed E-state index contributed by atoms with van der Waals surface area (Å²) in [5.74, 6) is -0.863. The summed E-state index contributed by atoms with van der Waals surface area (Å²) in [7, 11) is -1.98. The molecule has 0 spiro atoms. The van der Waals surface area contributed by atoms with E-state index in [0.29, 0.717) is 26.1 Å². The molecule has 0 aliphatic carbocycles. The van der Waals surface area contributed by atoms with Crippen molar-refractivity contribution in [2.75, 3.05) is 32.4 Å². The first-order valence-corrected chi connectivity index (χ1v) is 15.6. The molecule has 1 aliphatic rings. The average molecular weight is 632 g/mol. The topological polar surface area (TPSA) is 96.0 Å². The van der Waals surface area contributed by atoms with Crippen molar-refractivity contribution >= 4 is 33.4 Å². The van der Waals surface area contributed by atoms with Crippen LogP contribution in [0, 0.1) is 5.92 Å². The highest BCUT2D eigenvalue weighted by atomic mass is 35.5. The van der Waals surface area contributed by atoms with Crippen molar-refractivity contribution in [2.24, 2.45) is 5.92 Å². The van der Waals surface area contributed by atoms with Crippen LogP contribution in [0.2, 0.25) is 5.02 Å². The van der Waals surface area contributed by atoms with Gasteiger partial charge in [-0.05, 0) is 81.1 Å². The molecule has 8 nitrogen and oxygen atoms in total. The molecule has 1 aliphatic heterocycles. The second kappa shape index (κ2) is 13.2. The van der Waals surface area contributed by atoms with Crippen LogP contribution >= 0.6 is 11.6 Å². The van der Waals surface area contributed by atoms with E-state index in [1.165, 1.54) is 42.2 Å². The molecule has 232 valence electrons. The predicted molar refractivity (Wildman–Crippen MR) is 154 cm³/mol. The number of nitrogens with zero attached hydrogens (tertiary/aromatic N) is 2. The number of amides is 2. The number of nitrogens with one attached hydrogen (secondary N) is 1. The van der Waals surface area contributed by atoms with Gasteiger partial charge in [0.15, 0.2) is 9.84 Å². The Kier molecular flexibility index (Phi) is 10.6. The molecule has 13 heteroatoms. The first-order valence-electron chi connectivity index (χ1n) is 13.6. The van der Waals surface area contributed by atoms with E-state index in [1.54, 1.807) is 27.8 Å². The van der Waals surface area contributed by atoms with E-state index < -0.39 is 39.2 Å². The normalized spacial score (nSPS) is 16.4. The van der Waals surface area contributed by atoms with Gasteiger partial charge in [-0.1, -0.05) is 24.6 Å². The van der Waals surface area contributed by atoms with Gasteiger partial charge in [0.25, 0.3) is 5.91 Å². The maximum atomic E-state index is 14.1. The van der Waals surface area contributed by atoms with Gasteiger partial charge >= 0.3 is 12.3 Å². The lowest BCUT2D eigenvalue weighted by Crippen LogP contribution is -2.37. The van der Waals surface area contributed by atoms with Gasteiger partial charge in [-0.2, -0.15) is 13.2 Å². The van der Waals surface area contributed by atoms with Crippen LogP contribution in [0.5, 0.6) is 0 Å². The smallest absolute Gasteiger partial charge is 0.416 e. The number of carbonyl (C=O) groups is 2. The number of hydrogen-bond donors (Lipinski definition) is 1. The summed E-state index contributed by atoms with van der Waals surface area (Å²) in [6, 6.07) is 7.61. The van der Waals surface area contributed by atoms with Gasteiger partial charge in [0.2, 0.25) is 0 Å². The van der Waals surface area contributed by atoms with E-state index in [9.17, 15) is 31.2 Å². The SMILES string of the molecule is CCS(=O)(=O)c1ccc(Cl)cc1CNC(=O)c1ccc(CN2CC[C@H](CN(C)C(=O)OC(C)(C)C)C2)c(C(F)(F)F)c1. The fraction of sp³-hybridized carbons (Fsp3) is 0.517. The van der Waals surface area contributed by atoms with Crippen LogP contribution in [-0.2, 0) is 33.8 Å². The van der Waals surface area contributed by atoms with Crippen LogP contribution in [-0.4, -0.2) is 68.3 Å². The van der Waals surface area contributed by atoms with Crippen LogP contribution in [0.15, 0.2) is 41.3 Å². The molecular formula is C29H37ClF3N3O5S. The number of likely N-dealkylation sites (tertiary alicyclic amines) is 1. The summed E-state index contributed by atoms with van der Waals surface area (Å²) in [5, 5.41) is 2.78. The van der Waals surface area contributed by atoms with Crippen LogP contribution < -0.4 is 5.32 Å². The van der Waals surface area contributed by atoms with Crippen molar-refractivity contribution in [3.63, 3.8) is 0 Å². The minimum Gasteiger partial charge on any atom is -0.444 e. The van der Waals surface area contributed by atoms with E-state index in [2.05, 4.69) is 5.32 Å². The molecule has 0 unspecified atom stereocenters. The van der Waals surface area contributed by atoms with Gasteiger partial charge in [-0.25, -0.2) is 13.2 Å². The van der Waals surface area contributed by atoms with Crippen LogP contribution in [0.4, 0.5) is 18.0 Å². The minimum absolute atomic E-state index is 0.00207. The summed E-state index contributed by atoms with van der Waals surface area (Å²) in [4.78, 5) is 28.5. The summed E-state index contributed by atoms with van der Waals surface area (Å²) in [6.07, 6.45) is -4.43. The van der Waals surface area contributed by atoms with Crippen molar-refractivity contribution < 1.29 is 35.9 Å². The van der Waals surface area contributed by atoms with Gasteiger partial charge in [0.05, 0.1) is 16.2 Å². The maximum absolute atomic E-state index is 14.1. The Balaban J connectivity index is 1.70. The molecule has 1 fully saturated rings. The number of rotatable bonds is 9. The average Bonchev–Trinajstić information content (AvgIpc) is 3.32. The third-order valence-electron chi connectivity index (χ3n) is 6.86. The minimum atomic E-state index is -4.70. The quantitative estimate of drug-likeness (QED) is 0.378. The highest BCUT2D eigenvalue weighted by Gasteiger charge is 2.35. The predicted octanol–water partition coefficient (Wildman–Crippen LogP) is 5.77. The molecule has 0 aromatic heterocycles. The summed E-state index contributed by atoms with van der Waals surface area (Å²) in [6.45, 7) is 8.11. The first-order chi connectivity index (χ1) is 19.4. The third-order valence-corrected chi connectivity index (χ3v) is 8.92.